The van der Waals surface area contributed by atoms with Crippen LogP contribution >= 0.6 is 23.2 Å². The summed E-state index contributed by atoms with van der Waals surface area (Å²) < 4.78 is 0. The molecule has 0 spiro atoms. The summed E-state index contributed by atoms with van der Waals surface area (Å²) in [6, 6.07) is 5.08. The van der Waals surface area contributed by atoms with Crippen molar-refractivity contribution in [3.05, 3.63) is 51.4 Å². The topological polar surface area (TPSA) is 89.1 Å². The van der Waals surface area contributed by atoms with E-state index >= 15 is 0 Å². The maximum absolute atomic E-state index is 10.8. The van der Waals surface area contributed by atoms with Crippen LogP contribution in [0.2, 0.25) is 10.0 Å². The molecule has 5 nitrogen and oxygen atoms in total. The van der Waals surface area contributed by atoms with Crippen LogP contribution in [-0.2, 0) is 6.42 Å². The van der Waals surface area contributed by atoms with Gasteiger partial charge in [-0.15, -0.1) is 0 Å². The Labute approximate surface area is 119 Å². The number of carboxylic acid groups (broad SMARTS) is 1. The van der Waals surface area contributed by atoms with Gasteiger partial charge in [-0.3, -0.25) is 0 Å². The maximum atomic E-state index is 10.8. The molecule has 1 heterocycles. The molecule has 1 aromatic carbocycles. The Morgan fingerprint density at radius 3 is 2.68 bits per heavy atom. The van der Waals surface area contributed by atoms with Crippen molar-refractivity contribution in [1.29, 1.82) is 0 Å². The zero-order valence-corrected chi connectivity index (χ0v) is 11.1. The number of carboxylic acids is 1. The molecule has 1 aromatic heterocycles. The maximum Gasteiger partial charge on any atom is 0.341 e. The molecule has 7 heteroatoms. The number of aromatic carboxylic acids is 1. The molecule has 0 fully saturated rings. The first kappa shape index (κ1) is 13.6. The minimum absolute atomic E-state index is 0.0671. The fourth-order valence-corrected chi connectivity index (χ4v) is 1.99. The van der Waals surface area contributed by atoms with Gasteiger partial charge in [-0.25, -0.2) is 14.8 Å². The molecule has 0 saturated carbocycles. The summed E-state index contributed by atoms with van der Waals surface area (Å²) in [5.74, 6) is -0.831. The van der Waals surface area contributed by atoms with Gasteiger partial charge in [0.1, 0.15) is 17.2 Å². The van der Waals surface area contributed by atoms with Gasteiger partial charge in [0.05, 0.1) is 0 Å². The van der Waals surface area contributed by atoms with Crippen LogP contribution in [0.1, 0.15) is 21.7 Å². The standard InChI is InChI=1S/C12H9Cl2N3O2/c13-7-2-1-6(9(14)4-7)3-10-16-5-8(12(18)19)11(15)17-10/h1-2,4-5H,3H2,(H,18,19)(H2,15,16,17). The highest BCUT2D eigenvalue weighted by Crippen LogP contribution is 2.22. The van der Waals surface area contributed by atoms with E-state index in [4.69, 9.17) is 34.0 Å². The highest BCUT2D eigenvalue weighted by Gasteiger charge is 2.12. The number of hydrogen-bond donors (Lipinski definition) is 2. The van der Waals surface area contributed by atoms with Crippen molar-refractivity contribution in [3.63, 3.8) is 0 Å². The van der Waals surface area contributed by atoms with E-state index in [0.717, 1.165) is 5.56 Å². The van der Waals surface area contributed by atoms with Gasteiger partial charge in [-0.2, -0.15) is 0 Å². The van der Waals surface area contributed by atoms with Gasteiger partial charge < -0.3 is 10.8 Å². The van der Waals surface area contributed by atoms with E-state index in [2.05, 4.69) is 9.97 Å². The van der Waals surface area contributed by atoms with Crippen LogP contribution in [0.5, 0.6) is 0 Å². The number of nitrogens with two attached hydrogens (primary N) is 1. The fraction of sp³-hybridized carbons (Fsp3) is 0.0833. The van der Waals surface area contributed by atoms with E-state index in [-0.39, 0.29) is 11.4 Å². The summed E-state index contributed by atoms with van der Waals surface area (Å²) in [5, 5.41) is 9.86. The van der Waals surface area contributed by atoms with Crippen LogP contribution in [0.3, 0.4) is 0 Å². The monoisotopic (exact) mass is 297 g/mol. The molecule has 3 N–H and O–H groups in total. The number of anilines is 1. The van der Waals surface area contributed by atoms with E-state index < -0.39 is 5.97 Å². The predicted octanol–water partition coefficient (Wildman–Crippen LogP) is 2.65. The Morgan fingerprint density at radius 1 is 1.37 bits per heavy atom. The summed E-state index contributed by atoms with van der Waals surface area (Å²) in [6.07, 6.45) is 1.53. The van der Waals surface area contributed by atoms with E-state index in [1.54, 1.807) is 18.2 Å². The van der Waals surface area contributed by atoms with Crippen LogP contribution in [0.4, 0.5) is 5.82 Å². The Hall–Kier alpha value is -1.85. The predicted molar refractivity (Wildman–Crippen MR) is 72.7 cm³/mol. The molecule has 0 radical (unpaired) electrons. The largest absolute Gasteiger partial charge is 0.477 e. The molecule has 19 heavy (non-hydrogen) atoms. The average molecular weight is 298 g/mol. The zero-order valence-electron chi connectivity index (χ0n) is 9.60. The number of rotatable bonds is 3. The Balaban J connectivity index is 2.29. The van der Waals surface area contributed by atoms with Crippen LogP contribution in [0.15, 0.2) is 24.4 Å². The van der Waals surface area contributed by atoms with Crippen molar-refractivity contribution in [2.45, 2.75) is 6.42 Å². The molecule has 2 aromatic rings. The summed E-state index contributed by atoms with van der Waals surface area (Å²) >= 11 is 11.8. The van der Waals surface area contributed by atoms with Crippen molar-refractivity contribution >= 4 is 35.0 Å². The van der Waals surface area contributed by atoms with E-state index in [1.807, 2.05) is 0 Å². The van der Waals surface area contributed by atoms with Crippen molar-refractivity contribution in [2.75, 3.05) is 5.73 Å². The lowest BCUT2D eigenvalue weighted by molar-refractivity contribution is 0.0697. The molecule has 0 amide bonds. The lowest BCUT2D eigenvalue weighted by Gasteiger charge is -2.05. The SMILES string of the molecule is Nc1nc(Cc2ccc(Cl)cc2Cl)ncc1C(=O)O. The minimum atomic E-state index is -1.16. The van der Waals surface area contributed by atoms with Crippen LogP contribution in [0, 0.1) is 0 Å². The van der Waals surface area contributed by atoms with E-state index in [1.165, 1.54) is 6.20 Å². The van der Waals surface area contributed by atoms with Gasteiger partial charge in [0, 0.05) is 22.7 Å². The van der Waals surface area contributed by atoms with Crippen LogP contribution in [0.25, 0.3) is 0 Å². The number of aromatic nitrogens is 2. The lowest BCUT2D eigenvalue weighted by atomic mass is 10.1. The third kappa shape index (κ3) is 3.13. The molecule has 0 aliphatic carbocycles. The van der Waals surface area contributed by atoms with Gasteiger partial charge in [0.25, 0.3) is 0 Å². The summed E-state index contributed by atoms with van der Waals surface area (Å²) in [6.45, 7) is 0. The van der Waals surface area contributed by atoms with Gasteiger partial charge in [-0.05, 0) is 17.7 Å². The average Bonchev–Trinajstić information content (AvgIpc) is 2.32. The van der Waals surface area contributed by atoms with Crippen molar-refractivity contribution in [2.24, 2.45) is 0 Å². The normalized spacial score (nSPS) is 10.4. The number of nitrogens with zero attached hydrogens (tertiary/aromatic N) is 2. The van der Waals surface area contributed by atoms with Crippen LogP contribution in [-0.4, -0.2) is 21.0 Å². The van der Waals surface area contributed by atoms with E-state index in [0.29, 0.717) is 22.3 Å². The molecular weight excluding hydrogens is 289 g/mol. The third-order valence-electron chi connectivity index (χ3n) is 2.46. The molecule has 0 aliphatic heterocycles. The second-order valence-electron chi connectivity index (χ2n) is 3.80. The first-order valence-electron chi connectivity index (χ1n) is 5.26. The lowest BCUT2D eigenvalue weighted by Crippen LogP contribution is -2.08. The molecule has 2 rings (SSSR count). The highest BCUT2D eigenvalue weighted by atomic mass is 35.5. The molecule has 0 saturated heterocycles. The Bertz CT molecular complexity index is 647. The molecule has 0 atom stereocenters. The van der Waals surface area contributed by atoms with Crippen molar-refractivity contribution in [3.8, 4) is 0 Å². The van der Waals surface area contributed by atoms with Gasteiger partial charge in [-0.1, -0.05) is 29.3 Å². The summed E-state index contributed by atoms with van der Waals surface area (Å²) in [5.41, 5.74) is 6.22. The molecule has 98 valence electrons. The Kier molecular flexibility index (Phi) is 3.87. The summed E-state index contributed by atoms with van der Waals surface area (Å²) in [7, 11) is 0. The van der Waals surface area contributed by atoms with Crippen molar-refractivity contribution < 1.29 is 9.90 Å². The number of hydrogen-bond acceptors (Lipinski definition) is 4. The summed E-state index contributed by atoms with van der Waals surface area (Å²) in [4.78, 5) is 18.7. The first-order chi connectivity index (χ1) is 8.97. The zero-order chi connectivity index (χ0) is 14.0. The minimum Gasteiger partial charge on any atom is -0.477 e. The smallest absolute Gasteiger partial charge is 0.341 e. The number of benzene rings is 1. The molecule has 0 aliphatic rings. The Morgan fingerprint density at radius 2 is 2.11 bits per heavy atom. The van der Waals surface area contributed by atoms with Crippen molar-refractivity contribution in [1.82, 2.24) is 9.97 Å². The fourth-order valence-electron chi connectivity index (χ4n) is 1.52. The second-order valence-corrected chi connectivity index (χ2v) is 4.65. The van der Waals surface area contributed by atoms with Gasteiger partial charge in [0.15, 0.2) is 0 Å². The van der Waals surface area contributed by atoms with E-state index in [9.17, 15) is 4.79 Å². The molecule has 0 unspecified atom stereocenters. The number of halogens is 2. The quantitative estimate of drug-likeness (QED) is 0.909. The first-order valence-corrected chi connectivity index (χ1v) is 6.01. The number of nitrogen functional groups attached to an aromatic ring is 1. The third-order valence-corrected chi connectivity index (χ3v) is 3.05. The highest BCUT2D eigenvalue weighted by molar-refractivity contribution is 6.35. The van der Waals surface area contributed by atoms with Crippen LogP contribution < -0.4 is 5.73 Å². The second kappa shape index (κ2) is 5.42. The molecule has 0 bridgehead atoms. The number of carbonyl (C=O) groups is 1. The van der Waals surface area contributed by atoms with Gasteiger partial charge >= 0.3 is 5.97 Å². The molecular formula is C12H9Cl2N3O2. The van der Waals surface area contributed by atoms with Gasteiger partial charge in [0.2, 0.25) is 0 Å².